The summed E-state index contributed by atoms with van der Waals surface area (Å²) in [6.45, 7) is 0. The number of hydrogen-bond acceptors (Lipinski definition) is 4. The number of H-pyrrole nitrogens is 1. The molecule has 2 rings (SSSR count). The first-order valence-electron chi connectivity index (χ1n) is 5.41. The molecule has 20 heavy (non-hydrogen) atoms. The Morgan fingerprint density at radius 2 is 2.15 bits per heavy atom. The summed E-state index contributed by atoms with van der Waals surface area (Å²) in [7, 11) is 1.33. The maximum absolute atomic E-state index is 11.6. The number of nitrogens with one attached hydrogen (secondary N) is 1. The summed E-state index contributed by atoms with van der Waals surface area (Å²) in [5.74, 6) is -0.462. The lowest BCUT2D eigenvalue weighted by atomic mass is 10.3. The fourth-order valence-corrected chi connectivity index (χ4v) is 2.19. The van der Waals surface area contributed by atoms with Gasteiger partial charge in [-0.3, -0.25) is 19.3 Å². The molecular weight excluding hydrogens is 350 g/mol. The van der Waals surface area contributed by atoms with Crippen molar-refractivity contribution in [2.75, 3.05) is 0 Å². The molecule has 0 unspecified atom stereocenters. The van der Waals surface area contributed by atoms with Crippen molar-refractivity contribution in [3.63, 3.8) is 0 Å². The maximum Gasteiger partial charge on any atom is 0.330 e. The second-order valence-corrected chi connectivity index (χ2v) is 5.23. The molecule has 2 N–H and O–H groups in total. The van der Waals surface area contributed by atoms with E-state index in [-0.39, 0.29) is 5.56 Å². The van der Waals surface area contributed by atoms with Gasteiger partial charge in [-0.05, 0) is 18.2 Å². The first-order valence-corrected chi connectivity index (χ1v) is 6.58. The summed E-state index contributed by atoms with van der Waals surface area (Å²) in [5.41, 5.74) is -1.11. The number of halogens is 2. The Morgan fingerprint density at radius 1 is 1.45 bits per heavy atom. The van der Waals surface area contributed by atoms with Crippen LogP contribution in [0.4, 0.5) is 5.69 Å². The molecule has 0 aliphatic rings. The summed E-state index contributed by atoms with van der Waals surface area (Å²) in [6.07, 6.45) is 1.16. The average Bonchev–Trinajstić information content (AvgIpc) is 2.38. The predicted octanol–water partition coefficient (Wildman–Crippen LogP) is 1.95. The van der Waals surface area contributed by atoms with E-state index >= 15 is 0 Å². The number of hydrogen-bond donors (Lipinski definition) is 2. The van der Waals surface area contributed by atoms with Crippen LogP contribution in [0.15, 0.2) is 37.3 Å². The summed E-state index contributed by atoms with van der Waals surface area (Å²) in [4.78, 5) is 29.0. The van der Waals surface area contributed by atoms with Crippen molar-refractivity contribution in [3.05, 3.63) is 54.1 Å². The minimum absolute atomic E-state index is 0.119. The fraction of sp³-hybridized carbons (Fsp3) is 0.0833. The largest absolute Gasteiger partial charge is 0.494 e. The highest BCUT2D eigenvalue weighted by Crippen LogP contribution is 2.28. The Balaban J connectivity index is 2.50. The minimum atomic E-state index is -0.720. The van der Waals surface area contributed by atoms with Crippen molar-refractivity contribution >= 4 is 39.4 Å². The van der Waals surface area contributed by atoms with Gasteiger partial charge in [-0.1, -0.05) is 27.5 Å². The highest BCUT2D eigenvalue weighted by Gasteiger charge is 2.09. The van der Waals surface area contributed by atoms with Gasteiger partial charge in [0.1, 0.15) is 5.56 Å². The van der Waals surface area contributed by atoms with E-state index in [1.807, 2.05) is 0 Å². The molecule has 0 bridgehead atoms. The Hall–Kier alpha value is -1.86. The van der Waals surface area contributed by atoms with Crippen molar-refractivity contribution < 1.29 is 5.11 Å². The molecule has 6 nitrogen and oxygen atoms in total. The van der Waals surface area contributed by atoms with Gasteiger partial charge < -0.3 is 5.11 Å². The smallest absolute Gasteiger partial charge is 0.330 e. The Kier molecular flexibility index (Phi) is 4.10. The van der Waals surface area contributed by atoms with Gasteiger partial charge in [0.2, 0.25) is 5.88 Å². The summed E-state index contributed by atoms with van der Waals surface area (Å²) >= 11 is 9.25. The van der Waals surface area contributed by atoms with E-state index in [1.54, 1.807) is 18.2 Å². The Morgan fingerprint density at radius 3 is 2.80 bits per heavy atom. The fourth-order valence-electron chi connectivity index (χ4n) is 1.46. The lowest BCUT2D eigenvalue weighted by Gasteiger charge is -2.03. The average molecular weight is 359 g/mol. The lowest BCUT2D eigenvalue weighted by molar-refractivity contribution is 0.417. The molecule has 0 radical (unpaired) electrons. The van der Waals surface area contributed by atoms with Crippen molar-refractivity contribution in [1.82, 2.24) is 9.55 Å². The molecule has 2 aromatic rings. The van der Waals surface area contributed by atoms with Gasteiger partial charge in [-0.15, -0.1) is 0 Å². The van der Waals surface area contributed by atoms with Gasteiger partial charge in [-0.25, -0.2) is 4.79 Å². The SMILES string of the molecule is Cn1c(O)c(C=Nc2ccc(Br)cc2Cl)c(=O)[nH]c1=O. The number of aromatic nitrogens is 2. The molecule has 0 aliphatic carbocycles. The molecule has 1 heterocycles. The van der Waals surface area contributed by atoms with E-state index in [9.17, 15) is 14.7 Å². The third-order valence-corrected chi connectivity index (χ3v) is 3.37. The van der Waals surface area contributed by atoms with Crippen molar-refractivity contribution in [2.45, 2.75) is 0 Å². The molecule has 0 saturated carbocycles. The second kappa shape index (κ2) is 5.64. The third kappa shape index (κ3) is 2.83. The number of rotatable bonds is 2. The van der Waals surface area contributed by atoms with Crippen LogP contribution in [0.1, 0.15) is 5.56 Å². The molecule has 1 aromatic heterocycles. The van der Waals surface area contributed by atoms with Crippen LogP contribution in [-0.4, -0.2) is 20.9 Å². The molecule has 0 atom stereocenters. The zero-order chi connectivity index (χ0) is 14.9. The van der Waals surface area contributed by atoms with Gasteiger partial charge >= 0.3 is 5.69 Å². The van der Waals surface area contributed by atoms with E-state index in [1.165, 1.54) is 7.05 Å². The normalized spacial score (nSPS) is 11.2. The molecule has 8 heteroatoms. The van der Waals surface area contributed by atoms with Gasteiger partial charge in [0.25, 0.3) is 5.56 Å². The molecule has 0 fully saturated rings. The first kappa shape index (κ1) is 14.5. The van der Waals surface area contributed by atoms with E-state index in [4.69, 9.17) is 11.6 Å². The van der Waals surface area contributed by atoms with Crippen LogP contribution in [0.5, 0.6) is 5.88 Å². The Labute approximate surface area is 126 Å². The van der Waals surface area contributed by atoms with Crippen LogP contribution < -0.4 is 11.2 Å². The number of nitrogens with zero attached hydrogens (tertiary/aromatic N) is 2. The molecule has 0 saturated heterocycles. The highest BCUT2D eigenvalue weighted by molar-refractivity contribution is 9.10. The standard InChI is InChI=1S/C12H9BrClN3O3/c1-17-11(19)7(10(18)16-12(17)20)5-15-9-3-2-6(13)4-8(9)14/h2-5,19H,1H3,(H,16,18,20). The van der Waals surface area contributed by atoms with E-state index in [0.29, 0.717) is 10.7 Å². The number of aromatic hydroxyl groups is 1. The highest BCUT2D eigenvalue weighted by atomic mass is 79.9. The number of aliphatic imine (C=N–C) groups is 1. The molecule has 0 aliphatic heterocycles. The molecule has 0 amide bonds. The molecular formula is C12H9BrClN3O3. The van der Waals surface area contributed by atoms with Crippen molar-refractivity contribution in [2.24, 2.45) is 12.0 Å². The minimum Gasteiger partial charge on any atom is -0.494 e. The second-order valence-electron chi connectivity index (χ2n) is 3.91. The lowest BCUT2D eigenvalue weighted by Crippen LogP contribution is -2.30. The predicted molar refractivity (Wildman–Crippen MR) is 80.4 cm³/mol. The van der Waals surface area contributed by atoms with E-state index in [0.717, 1.165) is 15.3 Å². The van der Waals surface area contributed by atoms with Crippen LogP contribution >= 0.6 is 27.5 Å². The zero-order valence-electron chi connectivity index (χ0n) is 10.2. The van der Waals surface area contributed by atoms with Gasteiger partial charge in [0.15, 0.2) is 0 Å². The van der Waals surface area contributed by atoms with Crippen LogP contribution in [0, 0.1) is 0 Å². The summed E-state index contributed by atoms with van der Waals surface area (Å²) in [6, 6.07) is 5.04. The summed E-state index contributed by atoms with van der Waals surface area (Å²) < 4.78 is 1.70. The zero-order valence-corrected chi connectivity index (χ0v) is 12.6. The monoisotopic (exact) mass is 357 g/mol. The number of aromatic amines is 1. The van der Waals surface area contributed by atoms with Crippen molar-refractivity contribution in [3.8, 4) is 5.88 Å². The topological polar surface area (TPSA) is 87.4 Å². The van der Waals surface area contributed by atoms with E-state index < -0.39 is 17.1 Å². The number of benzene rings is 1. The Bertz CT molecular complexity index is 811. The van der Waals surface area contributed by atoms with Crippen LogP contribution in [-0.2, 0) is 7.05 Å². The van der Waals surface area contributed by atoms with Crippen LogP contribution in [0.3, 0.4) is 0 Å². The molecule has 104 valence electrons. The first-order chi connectivity index (χ1) is 9.40. The van der Waals surface area contributed by atoms with Gasteiger partial charge in [0.05, 0.1) is 10.7 Å². The van der Waals surface area contributed by atoms with Crippen molar-refractivity contribution in [1.29, 1.82) is 0 Å². The van der Waals surface area contributed by atoms with Crippen LogP contribution in [0.25, 0.3) is 0 Å². The maximum atomic E-state index is 11.6. The third-order valence-electron chi connectivity index (χ3n) is 2.57. The quantitative estimate of drug-likeness (QED) is 0.804. The molecule has 1 aromatic carbocycles. The van der Waals surface area contributed by atoms with E-state index in [2.05, 4.69) is 25.9 Å². The van der Waals surface area contributed by atoms with Gasteiger partial charge in [0, 0.05) is 17.7 Å². The summed E-state index contributed by atoms with van der Waals surface area (Å²) in [5, 5.41) is 10.1. The van der Waals surface area contributed by atoms with Crippen LogP contribution in [0.2, 0.25) is 5.02 Å². The van der Waals surface area contributed by atoms with Gasteiger partial charge in [-0.2, -0.15) is 0 Å². The molecule has 0 spiro atoms.